The molecule has 0 spiro atoms. The van der Waals surface area contributed by atoms with Crippen LogP contribution in [0.4, 0.5) is 4.39 Å². The maximum atomic E-state index is 13.2. The highest BCUT2D eigenvalue weighted by Gasteiger charge is 2.21. The van der Waals surface area contributed by atoms with Gasteiger partial charge in [0.05, 0.1) is 5.56 Å². The van der Waals surface area contributed by atoms with Gasteiger partial charge in [0.15, 0.2) is 0 Å². The van der Waals surface area contributed by atoms with Crippen LogP contribution >= 0.6 is 0 Å². The van der Waals surface area contributed by atoms with Gasteiger partial charge in [-0.1, -0.05) is 27.7 Å². The van der Waals surface area contributed by atoms with E-state index < -0.39 is 11.9 Å². The van der Waals surface area contributed by atoms with Crippen LogP contribution in [0.25, 0.3) is 0 Å². The fraction of sp³-hybridized carbons (Fsp3) is 0.538. The van der Waals surface area contributed by atoms with Gasteiger partial charge in [-0.15, -0.1) is 0 Å². The minimum Gasteiger partial charge on any atom is -0.352 e. The smallest absolute Gasteiger partial charge is 0.255 e. The Balaban J connectivity index is 2.60. The molecule has 0 aromatic carbocycles. The molecule has 0 aliphatic heterocycles. The van der Waals surface area contributed by atoms with Gasteiger partial charge in [0, 0.05) is 12.7 Å². The molecule has 1 aromatic heterocycles. The second-order valence-corrected chi connectivity index (χ2v) is 5.32. The molecule has 0 saturated heterocycles. The van der Waals surface area contributed by atoms with E-state index in [1.807, 2.05) is 0 Å². The molecule has 17 heavy (non-hydrogen) atoms. The van der Waals surface area contributed by atoms with Crippen LogP contribution in [0.15, 0.2) is 18.3 Å². The van der Waals surface area contributed by atoms with Crippen LogP contribution in [-0.4, -0.2) is 17.4 Å². The number of carbonyl (C=O) groups excluding carboxylic acids is 1. The van der Waals surface area contributed by atoms with E-state index in [-0.39, 0.29) is 11.0 Å². The molecule has 1 amide bonds. The van der Waals surface area contributed by atoms with Gasteiger partial charge in [-0.25, -0.2) is 4.98 Å². The first-order chi connectivity index (χ1) is 7.82. The lowest BCUT2D eigenvalue weighted by atomic mass is 9.82. The molecule has 0 aliphatic carbocycles. The number of aromatic nitrogens is 1. The van der Waals surface area contributed by atoms with E-state index in [0.29, 0.717) is 12.5 Å². The van der Waals surface area contributed by atoms with Crippen LogP contribution in [0.1, 0.15) is 38.1 Å². The van der Waals surface area contributed by atoms with Gasteiger partial charge in [0.1, 0.15) is 0 Å². The monoisotopic (exact) mass is 238 g/mol. The van der Waals surface area contributed by atoms with E-state index in [9.17, 15) is 9.18 Å². The fourth-order valence-corrected chi connectivity index (χ4v) is 1.20. The highest BCUT2D eigenvalue weighted by atomic mass is 19.1. The normalized spacial score (nSPS) is 13.2. The van der Waals surface area contributed by atoms with Crippen molar-refractivity contribution >= 4 is 5.91 Å². The van der Waals surface area contributed by atoms with Gasteiger partial charge < -0.3 is 5.32 Å². The second-order valence-electron chi connectivity index (χ2n) is 5.32. The Morgan fingerprint density at radius 3 is 2.71 bits per heavy atom. The molecule has 3 nitrogen and oxygen atoms in total. The molecule has 1 aromatic rings. The maximum absolute atomic E-state index is 13.2. The average Bonchev–Trinajstić information content (AvgIpc) is 2.24. The van der Waals surface area contributed by atoms with Crippen molar-refractivity contribution in [2.75, 3.05) is 6.54 Å². The summed E-state index contributed by atoms with van der Waals surface area (Å²) in [6, 6.07) is 2.98. The number of carbonyl (C=O) groups is 1. The molecule has 1 rings (SSSR count). The molecule has 0 saturated carbocycles. The number of nitrogens with zero attached hydrogens (tertiary/aromatic N) is 1. The van der Waals surface area contributed by atoms with Crippen LogP contribution in [0.5, 0.6) is 0 Å². The Morgan fingerprint density at radius 2 is 2.18 bits per heavy atom. The summed E-state index contributed by atoms with van der Waals surface area (Å²) in [4.78, 5) is 15.2. The largest absolute Gasteiger partial charge is 0.352 e. The summed E-state index contributed by atoms with van der Waals surface area (Å²) in [5, 5.41) is 2.73. The summed E-state index contributed by atoms with van der Waals surface area (Å²) < 4.78 is 13.2. The molecule has 94 valence electrons. The van der Waals surface area contributed by atoms with E-state index in [4.69, 9.17) is 0 Å². The predicted octanol–water partition coefficient (Wildman–Crippen LogP) is 2.63. The highest BCUT2D eigenvalue weighted by molar-refractivity contribution is 5.94. The highest BCUT2D eigenvalue weighted by Crippen LogP contribution is 2.24. The lowest BCUT2D eigenvalue weighted by molar-refractivity contribution is 0.0932. The van der Waals surface area contributed by atoms with E-state index >= 15 is 0 Å². The molecule has 1 heterocycles. The Morgan fingerprint density at radius 1 is 1.53 bits per heavy atom. The third-order valence-corrected chi connectivity index (χ3v) is 3.05. The van der Waals surface area contributed by atoms with Crippen LogP contribution in [-0.2, 0) is 0 Å². The number of nitrogens with one attached hydrogen (secondary N) is 1. The van der Waals surface area contributed by atoms with Gasteiger partial charge in [0.2, 0.25) is 5.95 Å². The summed E-state index contributed by atoms with van der Waals surface area (Å²) in [6.45, 7) is 8.90. The Bertz CT molecular complexity index is 399. The minimum absolute atomic E-state index is 0.00592. The number of rotatable bonds is 3. The Kier molecular flexibility index (Phi) is 4.21. The van der Waals surface area contributed by atoms with Crippen LogP contribution in [0.3, 0.4) is 0 Å². The Labute approximate surface area is 101 Å². The molecule has 0 bridgehead atoms. The quantitative estimate of drug-likeness (QED) is 0.822. The van der Waals surface area contributed by atoms with Crippen LogP contribution < -0.4 is 5.32 Å². The fourth-order valence-electron chi connectivity index (χ4n) is 1.20. The number of halogens is 1. The molecule has 0 radical (unpaired) electrons. The van der Waals surface area contributed by atoms with Crippen molar-refractivity contribution < 1.29 is 9.18 Å². The number of hydrogen-bond donors (Lipinski definition) is 1. The molecular weight excluding hydrogens is 219 g/mol. The second kappa shape index (κ2) is 5.25. The molecule has 1 atom stereocenters. The molecule has 1 unspecified atom stereocenters. The topological polar surface area (TPSA) is 42.0 Å². The zero-order valence-corrected chi connectivity index (χ0v) is 10.7. The number of amides is 1. The third-order valence-electron chi connectivity index (χ3n) is 3.05. The lowest BCUT2D eigenvalue weighted by Gasteiger charge is -2.27. The first-order valence-electron chi connectivity index (χ1n) is 5.71. The van der Waals surface area contributed by atoms with Gasteiger partial charge in [0.25, 0.3) is 5.91 Å². The van der Waals surface area contributed by atoms with Crippen LogP contribution in [0.2, 0.25) is 0 Å². The van der Waals surface area contributed by atoms with E-state index in [0.717, 1.165) is 0 Å². The van der Waals surface area contributed by atoms with Crippen molar-refractivity contribution in [3.05, 3.63) is 29.8 Å². The number of hydrogen-bond acceptors (Lipinski definition) is 2. The van der Waals surface area contributed by atoms with Crippen molar-refractivity contribution in [2.24, 2.45) is 11.3 Å². The van der Waals surface area contributed by atoms with E-state index in [1.54, 1.807) is 6.07 Å². The van der Waals surface area contributed by atoms with Crippen molar-refractivity contribution in [2.45, 2.75) is 27.7 Å². The lowest BCUT2D eigenvalue weighted by Crippen LogP contribution is -2.34. The zero-order valence-electron chi connectivity index (χ0n) is 10.7. The van der Waals surface area contributed by atoms with Crippen molar-refractivity contribution in [1.29, 1.82) is 0 Å². The molecule has 0 aliphatic rings. The first-order valence-corrected chi connectivity index (χ1v) is 5.71. The minimum atomic E-state index is -0.728. The maximum Gasteiger partial charge on any atom is 0.255 e. The molecule has 0 fully saturated rings. The molecular formula is C13H19FN2O. The zero-order chi connectivity index (χ0) is 13.1. The summed E-state index contributed by atoms with van der Waals surface area (Å²) in [7, 11) is 0. The third kappa shape index (κ3) is 3.80. The molecule has 4 heteroatoms. The summed E-state index contributed by atoms with van der Waals surface area (Å²) >= 11 is 0. The summed E-state index contributed by atoms with van der Waals surface area (Å²) in [6.07, 6.45) is 1.32. The summed E-state index contributed by atoms with van der Waals surface area (Å²) in [5.41, 5.74) is 0.106. The summed E-state index contributed by atoms with van der Waals surface area (Å²) in [5.74, 6) is -0.828. The van der Waals surface area contributed by atoms with Crippen molar-refractivity contribution in [3.63, 3.8) is 0 Å². The SMILES string of the molecule is CC(CNC(=O)c1cccnc1F)C(C)(C)C. The predicted molar refractivity (Wildman–Crippen MR) is 65.1 cm³/mol. The van der Waals surface area contributed by atoms with Crippen molar-refractivity contribution in [1.82, 2.24) is 10.3 Å². The van der Waals surface area contributed by atoms with Gasteiger partial charge in [-0.2, -0.15) is 4.39 Å². The first kappa shape index (κ1) is 13.6. The van der Waals surface area contributed by atoms with E-state index in [2.05, 4.69) is 38.0 Å². The standard InChI is InChI=1S/C13H19FN2O/c1-9(13(2,3)4)8-16-12(17)10-6-5-7-15-11(10)14/h5-7,9H,8H2,1-4H3,(H,16,17). The van der Waals surface area contributed by atoms with Crippen LogP contribution in [0, 0.1) is 17.3 Å². The molecule has 1 N–H and O–H groups in total. The van der Waals surface area contributed by atoms with Gasteiger partial charge >= 0.3 is 0 Å². The van der Waals surface area contributed by atoms with Gasteiger partial charge in [-0.3, -0.25) is 4.79 Å². The van der Waals surface area contributed by atoms with Gasteiger partial charge in [-0.05, 0) is 23.5 Å². The average molecular weight is 238 g/mol. The Hall–Kier alpha value is -1.45. The van der Waals surface area contributed by atoms with Crippen molar-refractivity contribution in [3.8, 4) is 0 Å². The number of pyridine rings is 1. The van der Waals surface area contributed by atoms with E-state index in [1.165, 1.54) is 12.3 Å².